The van der Waals surface area contributed by atoms with Gasteiger partial charge in [0.05, 0.1) is 0 Å². The van der Waals surface area contributed by atoms with Crippen molar-refractivity contribution in [1.29, 1.82) is 0 Å². The van der Waals surface area contributed by atoms with Crippen molar-refractivity contribution in [3.05, 3.63) is 10.1 Å². The molecule has 0 aromatic carbocycles. The lowest BCUT2D eigenvalue weighted by molar-refractivity contribution is -0.607. The van der Waals surface area contributed by atoms with Gasteiger partial charge in [0.25, 0.3) is 0 Å². The molecule has 0 aromatic rings. The van der Waals surface area contributed by atoms with E-state index in [9.17, 15) is 14.9 Å². The molecule has 60 valence electrons. The minimum absolute atomic E-state index is 0.157. The number of aliphatic hydroxyl groups is 1. The summed E-state index contributed by atoms with van der Waals surface area (Å²) in [6.45, 7) is 0. The number of aliphatic hydroxyl groups excluding tert-OH is 1. The summed E-state index contributed by atoms with van der Waals surface area (Å²) >= 11 is 5.02. The molecule has 0 radical (unpaired) electrons. The molecule has 1 N–H and O–H groups in total. The van der Waals surface area contributed by atoms with Crippen LogP contribution < -0.4 is 0 Å². The Kier molecular flexibility index (Phi) is 2.07. The van der Waals surface area contributed by atoms with Gasteiger partial charge in [-0.25, -0.2) is 10.1 Å². The van der Waals surface area contributed by atoms with E-state index < -0.39 is 16.4 Å². The van der Waals surface area contributed by atoms with E-state index >= 15 is 0 Å². The highest BCUT2D eigenvalue weighted by atomic mass is 32.2. The molecule has 8 heteroatoms. The van der Waals surface area contributed by atoms with Gasteiger partial charge in [0.2, 0.25) is 4.32 Å². The van der Waals surface area contributed by atoms with Gasteiger partial charge < -0.3 is 5.11 Å². The van der Waals surface area contributed by atoms with Crippen LogP contribution in [0.1, 0.15) is 0 Å². The van der Waals surface area contributed by atoms with Gasteiger partial charge in [-0.05, 0) is 29.0 Å². The van der Waals surface area contributed by atoms with Crippen LogP contribution >= 0.6 is 24.0 Å². The summed E-state index contributed by atoms with van der Waals surface area (Å²) in [5.74, 6) is -0.995. The minimum Gasteiger partial charge on any atom is -0.373 e. The number of carbonyl (C=O) groups is 1. The van der Waals surface area contributed by atoms with Crippen LogP contribution in [0, 0.1) is 10.1 Å². The van der Waals surface area contributed by atoms with Crippen LogP contribution in [0.2, 0.25) is 0 Å². The summed E-state index contributed by atoms with van der Waals surface area (Å²) in [5, 5.41) is 18.0. The summed E-state index contributed by atoms with van der Waals surface area (Å²) < 4.78 is -0.229. The molecule has 6 nitrogen and oxygen atoms in total. The third kappa shape index (κ3) is 1.32. The number of nitro groups is 1. The zero-order valence-electron chi connectivity index (χ0n) is 4.96. The topological polar surface area (TPSA) is 83.7 Å². The maximum atomic E-state index is 10.7. The second kappa shape index (κ2) is 2.72. The summed E-state index contributed by atoms with van der Waals surface area (Å²) in [5.41, 5.74) is -1.42. The Hall–Kier alpha value is -0.730. The van der Waals surface area contributed by atoms with Gasteiger partial charge in [0, 0.05) is 0 Å². The van der Waals surface area contributed by atoms with Crippen molar-refractivity contribution in [3.8, 4) is 0 Å². The predicted octanol–water partition coefficient (Wildman–Crippen LogP) is -0.643. The lowest BCUT2D eigenvalue weighted by atomic mass is 10.6. The molecule has 1 unspecified atom stereocenters. The third-order valence-electron chi connectivity index (χ3n) is 0.969. The first-order chi connectivity index (χ1) is 5.04. The van der Waals surface area contributed by atoms with Crippen LogP contribution in [0.25, 0.3) is 0 Å². The monoisotopic (exact) mass is 194 g/mol. The van der Waals surface area contributed by atoms with Crippen LogP contribution in [-0.4, -0.2) is 30.8 Å². The second-order valence-corrected chi connectivity index (χ2v) is 3.34. The summed E-state index contributed by atoms with van der Waals surface area (Å²) in [7, 11) is 0. The van der Waals surface area contributed by atoms with Gasteiger partial charge in [0.15, 0.2) is 10.5 Å². The van der Waals surface area contributed by atoms with E-state index in [1.54, 1.807) is 0 Å². The van der Waals surface area contributed by atoms with Gasteiger partial charge in [-0.15, -0.1) is 0 Å². The van der Waals surface area contributed by atoms with Crippen LogP contribution in [0.5, 0.6) is 0 Å². The van der Waals surface area contributed by atoms with Crippen molar-refractivity contribution in [3.63, 3.8) is 0 Å². The fraction of sp³-hybridized carbons (Fsp3) is 0.333. The average molecular weight is 194 g/mol. The van der Waals surface area contributed by atoms with E-state index in [1.807, 2.05) is 0 Å². The molecule has 1 heterocycles. The normalized spacial score (nSPS) is 24.5. The van der Waals surface area contributed by atoms with Gasteiger partial charge in [-0.1, -0.05) is 0 Å². The highest BCUT2D eigenvalue weighted by Crippen LogP contribution is 2.24. The van der Waals surface area contributed by atoms with E-state index in [4.69, 9.17) is 5.11 Å². The number of thiocarbonyl (C=S) groups is 1. The maximum Gasteiger partial charge on any atom is 0.330 e. The lowest BCUT2D eigenvalue weighted by Crippen LogP contribution is -2.36. The molecule has 1 fully saturated rings. The number of nitrogens with zero attached hydrogens (tertiary/aromatic N) is 2. The number of amides is 1. The van der Waals surface area contributed by atoms with Crippen molar-refractivity contribution >= 4 is 34.2 Å². The highest BCUT2D eigenvalue weighted by molar-refractivity contribution is 8.24. The highest BCUT2D eigenvalue weighted by Gasteiger charge is 2.43. The Morgan fingerprint density at radius 3 is 2.55 bits per heavy atom. The molecule has 0 bridgehead atoms. The fourth-order valence-corrected chi connectivity index (χ4v) is 1.62. The first-order valence-corrected chi connectivity index (χ1v) is 3.70. The first-order valence-electron chi connectivity index (χ1n) is 2.41. The Bertz CT molecular complexity index is 241. The SMILES string of the molecule is O=C1C(O)SC(=S)N1[N+](=O)[O-]. The Balaban J connectivity index is 2.88. The van der Waals surface area contributed by atoms with E-state index in [-0.39, 0.29) is 9.33 Å². The maximum absolute atomic E-state index is 10.7. The van der Waals surface area contributed by atoms with Crippen LogP contribution in [0.3, 0.4) is 0 Å². The molecule has 0 aliphatic carbocycles. The van der Waals surface area contributed by atoms with Crippen LogP contribution in [-0.2, 0) is 4.79 Å². The first kappa shape index (κ1) is 8.37. The smallest absolute Gasteiger partial charge is 0.330 e. The fourth-order valence-electron chi connectivity index (χ4n) is 0.538. The van der Waals surface area contributed by atoms with Gasteiger partial charge in [0.1, 0.15) is 0 Å². The zero-order valence-corrected chi connectivity index (χ0v) is 6.59. The molecule has 1 aliphatic rings. The number of hydrogen-bond acceptors (Lipinski definition) is 6. The third-order valence-corrected chi connectivity index (χ3v) is 2.23. The second-order valence-electron chi connectivity index (χ2n) is 1.62. The standard InChI is InChI=1S/C3H2N2O4S2/c6-1-2(7)11-3(10)4(1)5(8)9/h2,7H. The van der Waals surface area contributed by atoms with Crippen molar-refractivity contribution in [1.82, 2.24) is 5.01 Å². The molecule has 0 spiro atoms. The lowest BCUT2D eigenvalue weighted by Gasteiger charge is -2.00. The molecule has 0 aromatic heterocycles. The molecule has 0 saturated carbocycles. The van der Waals surface area contributed by atoms with Crippen molar-refractivity contribution in [2.45, 2.75) is 5.44 Å². The molecular weight excluding hydrogens is 192 g/mol. The zero-order chi connectivity index (χ0) is 8.59. The average Bonchev–Trinajstić information content (AvgIpc) is 2.07. The van der Waals surface area contributed by atoms with Crippen molar-refractivity contribution in [2.24, 2.45) is 0 Å². The molecule has 1 aliphatic heterocycles. The Morgan fingerprint density at radius 2 is 2.36 bits per heavy atom. The van der Waals surface area contributed by atoms with E-state index in [0.29, 0.717) is 11.8 Å². The Morgan fingerprint density at radius 1 is 1.82 bits per heavy atom. The largest absolute Gasteiger partial charge is 0.373 e. The summed E-state index contributed by atoms with van der Waals surface area (Å²) in [4.78, 5) is 20.7. The Labute approximate surface area is 70.3 Å². The van der Waals surface area contributed by atoms with E-state index in [1.165, 1.54) is 0 Å². The van der Waals surface area contributed by atoms with Gasteiger partial charge >= 0.3 is 5.91 Å². The molecule has 11 heavy (non-hydrogen) atoms. The number of hydrazine groups is 1. The molecule has 1 saturated heterocycles. The number of rotatable bonds is 1. The quantitative estimate of drug-likeness (QED) is 0.339. The molecule has 1 rings (SSSR count). The number of hydrogen-bond donors (Lipinski definition) is 1. The van der Waals surface area contributed by atoms with Crippen molar-refractivity contribution in [2.75, 3.05) is 0 Å². The minimum atomic E-state index is -1.42. The summed E-state index contributed by atoms with van der Waals surface area (Å²) in [6, 6.07) is 0. The van der Waals surface area contributed by atoms with Gasteiger partial charge in [-0.3, -0.25) is 4.79 Å². The predicted molar refractivity (Wildman–Crippen MR) is 40.0 cm³/mol. The number of thioether (sulfide) groups is 1. The van der Waals surface area contributed by atoms with Crippen LogP contribution in [0.15, 0.2) is 0 Å². The van der Waals surface area contributed by atoms with E-state index in [0.717, 1.165) is 0 Å². The molecular formula is C3H2N2O4S2. The van der Waals surface area contributed by atoms with E-state index in [2.05, 4.69) is 12.2 Å². The van der Waals surface area contributed by atoms with Crippen LogP contribution in [0.4, 0.5) is 0 Å². The summed E-state index contributed by atoms with van der Waals surface area (Å²) in [6.07, 6.45) is 0. The molecule has 1 atom stereocenters. The number of carbonyl (C=O) groups excluding carboxylic acids is 1. The molecule has 1 amide bonds. The van der Waals surface area contributed by atoms with Gasteiger partial charge in [-0.2, -0.15) is 0 Å². The van der Waals surface area contributed by atoms with Crippen molar-refractivity contribution < 1.29 is 14.9 Å².